The van der Waals surface area contributed by atoms with Gasteiger partial charge < -0.3 is 14.5 Å². The molecular formula is C46H58F2N2O. The second-order valence-corrected chi connectivity index (χ2v) is 17.2. The molecule has 4 atom stereocenters. The van der Waals surface area contributed by atoms with Crippen molar-refractivity contribution in [3.05, 3.63) is 71.8 Å². The molecule has 2 aromatic carbocycles. The molecule has 0 N–H and O–H groups in total. The molecule has 0 aromatic heterocycles. The highest BCUT2D eigenvalue weighted by atomic mass is 19.1. The fourth-order valence-corrected chi connectivity index (χ4v) is 11.1. The van der Waals surface area contributed by atoms with Crippen molar-refractivity contribution in [2.45, 2.75) is 101 Å². The topological polar surface area (TPSA) is 15.7 Å². The van der Waals surface area contributed by atoms with Crippen LogP contribution in [0.4, 0.5) is 8.78 Å². The van der Waals surface area contributed by atoms with E-state index in [4.69, 9.17) is 4.74 Å². The third kappa shape index (κ3) is 7.05. The molecule has 0 radical (unpaired) electrons. The van der Waals surface area contributed by atoms with Gasteiger partial charge in [0, 0.05) is 36.1 Å². The lowest BCUT2D eigenvalue weighted by Gasteiger charge is -2.53. The van der Waals surface area contributed by atoms with Gasteiger partial charge in [-0.15, -0.1) is 0 Å². The predicted octanol–water partition coefficient (Wildman–Crippen LogP) is 9.32. The summed E-state index contributed by atoms with van der Waals surface area (Å²) in [5.74, 6) is 14.8. The van der Waals surface area contributed by atoms with Crippen LogP contribution in [-0.2, 0) is 16.1 Å². The molecule has 2 unspecified atom stereocenters. The van der Waals surface area contributed by atoms with Gasteiger partial charge >= 0.3 is 0 Å². The average Bonchev–Trinajstić information content (AvgIpc) is 3.21. The summed E-state index contributed by atoms with van der Waals surface area (Å²) < 4.78 is 42.1. The number of piperidine rings is 6. The molecule has 5 heteroatoms. The number of hydrogen-bond donors (Lipinski definition) is 0. The fraction of sp³-hybridized carbons (Fsp3) is 0.652. The van der Waals surface area contributed by atoms with Crippen molar-refractivity contribution in [3.8, 4) is 23.7 Å². The van der Waals surface area contributed by atoms with Crippen LogP contribution in [0.5, 0.6) is 0 Å². The van der Waals surface area contributed by atoms with E-state index in [1.165, 1.54) is 12.8 Å². The van der Waals surface area contributed by atoms with Crippen molar-refractivity contribution < 1.29 is 13.5 Å². The first-order chi connectivity index (χ1) is 24.9. The maximum atomic E-state index is 17.6. The van der Waals surface area contributed by atoms with Crippen LogP contribution in [0.25, 0.3) is 0 Å². The zero-order chi connectivity index (χ0) is 34.8. The molecule has 0 amide bonds. The molecule has 0 spiro atoms. The van der Waals surface area contributed by atoms with Crippen LogP contribution in [0, 0.1) is 58.2 Å². The highest BCUT2D eigenvalue weighted by Gasteiger charge is 2.51. The molecular weight excluding hydrogens is 635 g/mol. The molecule has 272 valence electrons. The summed E-state index contributed by atoms with van der Waals surface area (Å²) in [4.78, 5) is 5.04. The Morgan fingerprint density at radius 3 is 1.25 bits per heavy atom. The minimum Gasteiger partial charge on any atom is -0.378 e. The molecule has 2 aromatic rings. The normalized spacial score (nSPS) is 34.7. The first kappa shape index (κ1) is 35.3. The minimum atomic E-state index is -1.66. The van der Waals surface area contributed by atoms with Crippen LogP contribution in [0.15, 0.2) is 60.7 Å². The quantitative estimate of drug-likeness (QED) is 0.257. The van der Waals surface area contributed by atoms with Gasteiger partial charge in [0.05, 0.1) is 24.0 Å². The van der Waals surface area contributed by atoms with Gasteiger partial charge in [-0.3, -0.25) is 0 Å². The summed E-state index contributed by atoms with van der Waals surface area (Å²) in [6.07, 6.45) is 14.5. The monoisotopic (exact) mass is 692 g/mol. The zero-order valence-electron chi connectivity index (χ0n) is 30.7. The molecule has 2 saturated carbocycles. The Morgan fingerprint density at radius 1 is 0.549 bits per heavy atom. The Labute approximate surface area is 306 Å². The van der Waals surface area contributed by atoms with E-state index >= 15 is 8.78 Å². The Hall–Kier alpha value is -2.70. The number of ether oxygens (including phenoxy) is 1. The smallest absolute Gasteiger partial charge is 0.198 e. The minimum absolute atomic E-state index is 0.0830. The Morgan fingerprint density at radius 2 is 0.922 bits per heavy atom. The van der Waals surface area contributed by atoms with Gasteiger partial charge in [0.25, 0.3) is 0 Å². The zero-order valence-corrected chi connectivity index (χ0v) is 30.7. The highest BCUT2D eigenvalue weighted by Crippen LogP contribution is 2.48. The predicted molar refractivity (Wildman–Crippen MR) is 201 cm³/mol. The van der Waals surface area contributed by atoms with Crippen molar-refractivity contribution in [2.24, 2.45) is 34.5 Å². The summed E-state index contributed by atoms with van der Waals surface area (Å²) in [6.45, 7) is 6.96. The van der Waals surface area contributed by atoms with Crippen molar-refractivity contribution in [3.63, 3.8) is 0 Å². The van der Waals surface area contributed by atoms with Gasteiger partial charge in [-0.1, -0.05) is 123 Å². The number of halogens is 2. The molecule has 51 heavy (non-hydrogen) atoms. The summed E-state index contributed by atoms with van der Waals surface area (Å²) >= 11 is 0. The van der Waals surface area contributed by atoms with E-state index in [2.05, 4.69) is 33.5 Å². The number of benzene rings is 2. The van der Waals surface area contributed by atoms with Crippen LogP contribution in [-0.4, -0.2) is 62.3 Å². The number of rotatable bonds is 8. The van der Waals surface area contributed by atoms with Gasteiger partial charge in [-0.05, 0) is 89.4 Å². The van der Waals surface area contributed by atoms with Gasteiger partial charge in [0.2, 0.25) is 0 Å². The van der Waals surface area contributed by atoms with Crippen molar-refractivity contribution >= 4 is 0 Å². The lowest BCUT2D eigenvalue weighted by atomic mass is 9.65. The van der Waals surface area contributed by atoms with Crippen molar-refractivity contribution in [1.29, 1.82) is 0 Å². The van der Waals surface area contributed by atoms with E-state index in [1.54, 1.807) is 0 Å². The SMILES string of the molecule is FC(C#C[C@@]1(COC[C@]2(C#CC(F)(c3ccccc3)C3CCCCC3)CN3CCC2CC3)CN2CCC1CC2)(c1ccccc1)C1CCCCC1. The van der Waals surface area contributed by atoms with Gasteiger partial charge in [-0.25, -0.2) is 8.78 Å². The van der Waals surface area contributed by atoms with Crippen LogP contribution in [0.3, 0.4) is 0 Å². The maximum absolute atomic E-state index is 17.6. The van der Waals surface area contributed by atoms with Crippen LogP contribution in [0.2, 0.25) is 0 Å². The highest BCUT2D eigenvalue weighted by molar-refractivity contribution is 5.37. The molecule has 6 heterocycles. The number of nitrogens with zero attached hydrogens (tertiary/aromatic N) is 2. The molecule has 8 fully saturated rings. The summed E-state index contributed by atoms with van der Waals surface area (Å²) in [7, 11) is 0. The van der Waals surface area contributed by atoms with Gasteiger partial charge in [-0.2, -0.15) is 0 Å². The van der Waals surface area contributed by atoms with Gasteiger partial charge in [0.1, 0.15) is 0 Å². The fourth-order valence-electron chi connectivity index (χ4n) is 11.1. The van der Waals surface area contributed by atoms with Gasteiger partial charge in [0.15, 0.2) is 11.3 Å². The number of alkyl halides is 2. The molecule has 3 nitrogen and oxygen atoms in total. The number of fused-ring (bicyclic) bond motifs is 6. The summed E-state index contributed by atoms with van der Waals surface area (Å²) in [6, 6.07) is 19.5. The lowest BCUT2D eigenvalue weighted by molar-refractivity contribution is -0.0885. The molecule has 8 aliphatic rings. The molecule has 2 aliphatic carbocycles. The summed E-state index contributed by atoms with van der Waals surface area (Å²) in [5, 5.41) is 0. The second-order valence-electron chi connectivity index (χ2n) is 17.2. The third-order valence-corrected chi connectivity index (χ3v) is 14.2. The molecule has 6 saturated heterocycles. The van der Waals surface area contributed by atoms with Crippen LogP contribution >= 0.6 is 0 Å². The summed E-state index contributed by atoms with van der Waals surface area (Å²) in [5.41, 5.74) is -2.76. The molecule has 4 bridgehead atoms. The Bertz CT molecular complexity index is 1460. The standard InChI is InChI=1S/C46H58F2N2O/c47-45(39-13-5-1-6-14-39,40-15-7-2-8-16-40)27-25-43(33-49-29-21-37(43)22-30-49)35-51-36-44(34-50-31-23-38(44)24-32-50)26-28-46(48,41-17-9-3-10-18-41)42-19-11-4-12-20-42/h1,3,5-6,9-10,13-14,17-18,37-38,40,42H,2,4,7-8,11-12,15-16,19-24,29-36H2/t43-,44-,45?,46?/m0/s1. The Kier molecular flexibility index (Phi) is 10.4. The van der Waals surface area contributed by atoms with Crippen LogP contribution < -0.4 is 0 Å². The van der Waals surface area contributed by atoms with Crippen LogP contribution in [0.1, 0.15) is 101 Å². The number of hydrogen-bond acceptors (Lipinski definition) is 3. The third-order valence-electron chi connectivity index (χ3n) is 14.2. The maximum Gasteiger partial charge on any atom is 0.198 e. The van der Waals surface area contributed by atoms with Crippen molar-refractivity contribution in [2.75, 3.05) is 52.5 Å². The van der Waals surface area contributed by atoms with E-state index in [-0.39, 0.29) is 11.8 Å². The van der Waals surface area contributed by atoms with E-state index in [0.717, 1.165) is 116 Å². The first-order valence-corrected chi connectivity index (χ1v) is 20.5. The van der Waals surface area contributed by atoms with E-state index in [0.29, 0.717) is 36.2 Å². The van der Waals surface area contributed by atoms with E-state index in [9.17, 15) is 0 Å². The molecule has 6 aliphatic heterocycles. The first-order valence-electron chi connectivity index (χ1n) is 20.5. The largest absolute Gasteiger partial charge is 0.378 e. The van der Waals surface area contributed by atoms with Crippen molar-refractivity contribution in [1.82, 2.24) is 9.80 Å². The van der Waals surface area contributed by atoms with E-state index in [1.807, 2.05) is 60.7 Å². The van der Waals surface area contributed by atoms with E-state index < -0.39 is 22.2 Å². The molecule has 10 rings (SSSR count). The second kappa shape index (κ2) is 15.0. The Balaban J connectivity index is 1.11. The lowest BCUT2D eigenvalue weighted by Crippen LogP contribution is -2.58. The average molecular weight is 693 g/mol.